The zero-order valence-corrected chi connectivity index (χ0v) is 20.1. The van der Waals surface area contributed by atoms with Crippen LogP contribution in [-0.4, -0.2) is 27.7 Å². The first-order valence-corrected chi connectivity index (χ1v) is 13.3. The largest absolute Gasteiger partial charge is 0.280 e. The van der Waals surface area contributed by atoms with Crippen molar-refractivity contribution in [2.24, 2.45) is 0 Å². The van der Waals surface area contributed by atoms with E-state index in [1.54, 1.807) is 55.5 Å². The van der Waals surface area contributed by atoms with Crippen LogP contribution in [0.1, 0.15) is 22.3 Å². The molecule has 0 radical (unpaired) electrons. The van der Waals surface area contributed by atoms with Gasteiger partial charge in [-0.1, -0.05) is 41.4 Å². The third-order valence-corrected chi connectivity index (χ3v) is 9.15. The van der Waals surface area contributed by atoms with Crippen molar-refractivity contribution in [1.29, 1.82) is 0 Å². The van der Waals surface area contributed by atoms with Gasteiger partial charge in [-0.15, -0.1) is 0 Å². The van der Waals surface area contributed by atoms with E-state index in [9.17, 15) is 16.8 Å². The molecule has 0 saturated carbocycles. The smallest absolute Gasteiger partial charge is 0.262 e. The predicted molar refractivity (Wildman–Crippen MR) is 126 cm³/mol. The molecule has 1 N–H and O–H groups in total. The van der Waals surface area contributed by atoms with Gasteiger partial charge in [-0.2, -0.15) is 4.31 Å². The van der Waals surface area contributed by atoms with Gasteiger partial charge in [-0.25, -0.2) is 16.8 Å². The molecule has 32 heavy (non-hydrogen) atoms. The Kier molecular flexibility index (Phi) is 6.06. The van der Waals surface area contributed by atoms with E-state index >= 15 is 0 Å². The molecule has 0 bridgehead atoms. The van der Waals surface area contributed by atoms with Gasteiger partial charge in [0, 0.05) is 23.8 Å². The van der Waals surface area contributed by atoms with E-state index in [4.69, 9.17) is 11.6 Å². The van der Waals surface area contributed by atoms with Crippen LogP contribution < -0.4 is 4.72 Å². The zero-order valence-electron chi connectivity index (χ0n) is 17.7. The predicted octanol–water partition coefficient (Wildman–Crippen LogP) is 4.50. The Morgan fingerprint density at radius 3 is 2.31 bits per heavy atom. The SMILES string of the molecule is Cc1ccc(S(=O)(=O)N2CCc3ccc(NS(=O)(=O)c4cc(Cl)ccc4C)cc3C2)cc1. The Balaban J connectivity index is 1.60. The Hall–Kier alpha value is -2.39. The molecule has 0 spiro atoms. The molecule has 168 valence electrons. The van der Waals surface area contributed by atoms with E-state index < -0.39 is 20.0 Å². The number of hydrogen-bond acceptors (Lipinski definition) is 4. The summed E-state index contributed by atoms with van der Waals surface area (Å²) in [4.78, 5) is 0.353. The maximum Gasteiger partial charge on any atom is 0.262 e. The van der Waals surface area contributed by atoms with Gasteiger partial charge < -0.3 is 0 Å². The Bertz CT molecular complexity index is 1390. The number of anilines is 1. The second-order valence-corrected chi connectivity index (χ2v) is 11.9. The quantitative estimate of drug-likeness (QED) is 0.570. The lowest BCUT2D eigenvalue weighted by molar-refractivity contribution is 0.391. The van der Waals surface area contributed by atoms with Gasteiger partial charge >= 0.3 is 0 Å². The van der Waals surface area contributed by atoms with E-state index in [0.717, 1.165) is 16.7 Å². The van der Waals surface area contributed by atoms with Crippen molar-refractivity contribution in [3.05, 3.63) is 87.9 Å². The highest BCUT2D eigenvalue weighted by Gasteiger charge is 2.28. The highest BCUT2D eigenvalue weighted by atomic mass is 35.5. The molecule has 0 aliphatic carbocycles. The van der Waals surface area contributed by atoms with Crippen molar-refractivity contribution >= 4 is 37.3 Å². The molecule has 6 nitrogen and oxygen atoms in total. The van der Waals surface area contributed by atoms with Crippen molar-refractivity contribution < 1.29 is 16.8 Å². The van der Waals surface area contributed by atoms with Crippen LogP contribution in [0, 0.1) is 13.8 Å². The number of aryl methyl sites for hydroxylation is 2. The minimum Gasteiger partial charge on any atom is -0.280 e. The standard InChI is InChI=1S/C23H23ClN2O4S2/c1-16-3-9-22(10-4-16)32(29,30)26-12-11-18-6-8-21(13-19(18)15-26)25-31(27,28)23-14-20(24)7-5-17(23)2/h3-10,13-14,25H,11-12,15H2,1-2H3. The molecule has 3 aromatic carbocycles. The summed E-state index contributed by atoms with van der Waals surface area (Å²) < 4.78 is 56.0. The Morgan fingerprint density at radius 1 is 0.875 bits per heavy atom. The first-order valence-electron chi connectivity index (χ1n) is 10.0. The maximum atomic E-state index is 13.1. The lowest BCUT2D eigenvalue weighted by Gasteiger charge is -2.28. The first-order chi connectivity index (χ1) is 15.1. The van der Waals surface area contributed by atoms with Crippen LogP contribution in [0.25, 0.3) is 0 Å². The molecule has 1 aliphatic heterocycles. The average Bonchev–Trinajstić information content (AvgIpc) is 2.75. The monoisotopic (exact) mass is 490 g/mol. The molecule has 0 saturated heterocycles. The lowest BCUT2D eigenvalue weighted by atomic mass is 10.0. The molecule has 4 rings (SSSR count). The topological polar surface area (TPSA) is 83.6 Å². The number of hydrogen-bond donors (Lipinski definition) is 1. The lowest BCUT2D eigenvalue weighted by Crippen LogP contribution is -2.36. The highest BCUT2D eigenvalue weighted by molar-refractivity contribution is 7.92. The number of benzene rings is 3. The van der Waals surface area contributed by atoms with Crippen molar-refractivity contribution in [3.63, 3.8) is 0 Å². The number of nitrogens with zero attached hydrogens (tertiary/aromatic N) is 1. The second-order valence-electron chi connectivity index (χ2n) is 7.90. The van der Waals surface area contributed by atoms with E-state index in [2.05, 4.69) is 4.72 Å². The van der Waals surface area contributed by atoms with Crippen molar-refractivity contribution in [1.82, 2.24) is 4.31 Å². The van der Waals surface area contributed by atoms with E-state index in [1.165, 1.54) is 10.4 Å². The fourth-order valence-electron chi connectivity index (χ4n) is 3.73. The van der Waals surface area contributed by atoms with Crippen LogP contribution in [0.15, 0.2) is 70.5 Å². The number of rotatable bonds is 5. The molecule has 1 heterocycles. The third kappa shape index (κ3) is 4.54. The number of nitrogens with one attached hydrogen (secondary N) is 1. The van der Waals surface area contributed by atoms with Crippen LogP contribution >= 0.6 is 11.6 Å². The van der Waals surface area contributed by atoms with E-state index in [0.29, 0.717) is 29.2 Å². The van der Waals surface area contributed by atoms with Gasteiger partial charge in [0.15, 0.2) is 0 Å². The fraction of sp³-hybridized carbons (Fsp3) is 0.217. The van der Waals surface area contributed by atoms with Crippen LogP contribution in [0.2, 0.25) is 5.02 Å². The van der Waals surface area contributed by atoms with Gasteiger partial charge in [0.25, 0.3) is 10.0 Å². The molecule has 9 heteroatoms. The summed E-state index contributed by atoms with van der Waals surface area (Å²) in [6, 6.07) is 16.7. The van der Waals surface area contributed by atoms with Crippen molar-refractivity contribution in [2.45, 2.75) is 36.6 Å². The number of fused-ring (bicyclic) bond motifs is 1. The van der Waals surface area contributed by atoms with Gasteiger partial charge in [0.1, 0.15) is 0 Å². The Labute approximate surface area is 193 Å². The van der Waals surface area contributed by atoms with Gasteiger partial charge in [0.2, 0.25) is 10.0 Å². The molecule has 0 atom stereocenters. The summed E-state index contributed by atoms with van der Waals surface area (Å²) in [6.45, 7) is 4.15. The highest BCUT2D eigenvalue weighted by Crippen LogP contribution is 2.29. The van der Waals surface area contributed by atoms with E-state index in [1.807, 2.05) is 13.0 Å². The minimum absolute atomic E-state index is 0.103. The van der Waals surface area contributed by atoms with Crippen LogP contribution in [-0.2, 0) is 33.0 Å². The molecule has 0 amide bonds. The van der Waals surface area contributed by atoms with Crippen molar-refractivity contribution in [2.75, 3.05) is 11.3 Å². The van der Waals surface area contributed by atoms with Gasteiger partial charge in [-0.05, 0) is 73.4 Å². The Morgan fingerprint density at radius 2 is 1.59 bits per heavy atom. The first kappa shape index (κ1) is 22.8. The summed E-state index contributed by atoms with van der Waals surface area (Å²) in [7, 11) is -7.49. The molecule has 3 aromatic rings. The normalized spacial score (nSPS) is 14.7. The van der Waals surface area contributed by atoms with Crippen LogP contribution in [0.4, 0.5) is 5.69 Å². The zero-order chi connectivity index (χ0) is 23.1. The molecule has 0 fully saturated rings. The van der Waals surface area contributed by atoms with Crippen LogP contribution in [0.3, 0.4) is 0 Å². The molecule has 0 aromatic heterocycles. The fourth-order valence-corrected chi connectivity index (χ4v) is 6.71. The molecular formula is C23H23ClN2O4S2. The maximum absolute atomic E-state index is 13.1. The molecule has 0 unspecified atom stereocenters. The summed E-state index contributed by atoms with van der Waals surface area (Å²) in [5.41, 5.74) is 3.71. The van der Waals surface area contributed by atoms with Gasteiger partial charge in [0.05, 0.1) is 9.79 Å². The number of sulfonamides is 2. The number of halogens is 1. The summed E-state index contributed by atoms with van der Waals surface area (Å²) in [6.07, 6.45) is 0.556. The van der Waals surface area contributed by atoms with E-state index in [-0.39, 0.29) is 16.3 Å². The summed E-state index contributed by atoms with van der Waals surface area (Å²) in [5, 5.41) is 0.332. The summed E-state index contributed by atoms with van der Waals surface area (Å²) in [5.74, 6) is 0. The average molecular weight is 491 g/mol. The minimum atomic E-state index is -3.85. The third-order valence-electron chi connectivity index (χ3n) is 5.53. The van der Waals surface area contributed by atoms with Gasteiger partial charge in [-0.3, -0.25) is 4.72 Å². The summed E-state index contributed by atoms with van der Waals surface area (Å²) >= 11 is 5.98. The second kappa shape index (κ2) is 8.51. The molecular weight excluding hydrogens is 468 g/mol. The molecule has 1 aliphatic rings. The van der Waals surface area contributed by atoms with Crippen molar-refractivity contribution in [3.8, 4) is 0 Å². The van der Waals surface area contributed by atoms with Crippen LogP contribution in [0.5, 0.6) is 0 Å².